The van der Waals surface area contributed by atoms with Crippen LogP contribution in [-0.4, -0.2) is 28.3 Å². The maximum Gasteiger partial charge on any atom is 0.417 e. The van der Waals surface area contributed by atoms with Gasteiger partial charge in [-0.15, -0.1) is 0 Å². The van der Waals surface area contributed by atoms with Crippen LogP contribution in [0.3, 0.4) is 0 Å². The van der Waals surface area contributed by atoms with Gasteiger partial charge in [-0.05, 0) is 12.1 Å². The third kappa shape index (κ3) is 1.85. The molecule has 0 radical (unpaired) electrons. The van der Waals surface area contributed by atoms with Gasteiger partial charge in [0.15, 0.2) is 0 Å². The molecule has 6 nitrogen and oxygen atoms in total. The molecule has 0 fully saturated rings. The van der Waals surface area contributed by atoms with E-state index >= 15 is 0 Å². The fraction of sp³-hybridized carbons (Fsp3) is 0.100. The zero-order valence-electron chi connectivity index (χ0n) is 8.38. The van der Waals surface area contributed by atoms with Crippen LogP contribution in [0.4, 0.5) is 0 Å². The topological polar surface area (TPSA) is 85.5 Å². The number of nitrogens with zero attached hydrogens (tertiary/aromatic N) is 2. The first-order valence-electron chi connectivity index (χ1n) is 4.42. The molecule has 82 valence electrons. The van der Waals surface area contributed by atoms with Gasteiger partial charge in [0.05, 0.1) is 12.7 Å². The number of carboxylic acid groups (broad SMARTS) is 1. The zero-order chi connectivity index (χ0) is 11.5. The quantitative estimate of drug-likeness (QED) is 0.842. The fourth-order valence-electron chi connectivity index (χ4n) is 1.20. The van der Waals surface area contributed by atoms with Gasteiger partial charge >= 0.3 is 12.0 Å². The lowest BCUT2D eigenvalue weighted by atomic mass is 10.1. The minimum Gasteiger partial charge on any atom is -0.478 e. The van der Waals surface area contributed by atoms with E-state index in [1.807, 2.05) is 0 Å². The molecule has 1 heterocycles. The summed E-state index contributed by atoms with van der Waals surface area (Å²) >= 11 is 0. The average molecular weight is 220 g/mol. The lowest BCUT2D eigenvalue weighted by Crippen LogP contribution is -1.96. The van der Waals surface area contributed by atoms with Gasteiger partial charge < -0.3 is 9.84 Å². The lowest BCUT2D eigenvalue weighted by Gasteiger charge is -1.96. The van der Waals surface area contributed by atoms with Gasteiger partial charge in [0.25, 0.3) is 0 Å². The monoisotopic (exact) mass is 220 g/mol. The van der Waals surface area contributed by atoms with Crippen molar-refractivity contribution in [1.29, 1.82) is 0 Å². The Morgan fingerprint density at radius 3 is 2.94 bits per heavy atom. The highest BCUT2D eigenvalue weighted by atomic mass is 16.6. The molecule has 0 bridgehead atoms. The number of hydrogen-bond donors (Lipinski definition) is 1. The van der Waals surface area contributed by atoms with Crippen LogP contribution in [0.25, 0.3) is 11.4 Å². The Balaban J connectivity index is 2.40. The third-order valence-electron chi connectivity index (χ3n) is 1.95. The number of hydrogen-bond acceptors (Lipinski definition) is 5. The molecule has 0 spiro atoms. The van der Waals surface area contributed by atoms with Crippen molar-refractivity contribution in [2.45, 2.75) is 0 Å². The summed E-state index contributed by atoms with van der Waals surface area (Å²) in [5.74, 6) is -0.711. The minimum absolute atomic E-state index is 0.0377. The van der Waals surface area contributed by atoms with Gasteiger partial charge in [-0.1, -0.05) is 17.3 Å². The summed E-state index contributed by atoms with van der Waals surface area (Å²) in [6.45, 7) is 0. The van der Waals surface area contributed by atoms with Crippen molar-refractivity contribution >= 4 is 5.97 Å². The number of benzene rings is 1. The normalized spacial score (nSPS) is 10.1. The molecule has 1 aromatic carbocycles. The van der Waals surface area contributed by atoms with Crippen molar-refractivity contribution in [2.75, 3.05) is 7.11 Å². The highest BCUT2D eigenvalue weighted by molar-refractivity contribution is 5.89. The highest BCUT2D eigenvalue weighted by Crippen LogP contribution is 2.19. The Morgan fingerprint density at radius 1 is 1.50 bits per heavy atom. The molecule has 0 unspecified atom stereocenters. The largest absolute Gasteiger partial charge is 0.478 e. The van der Waals surface area contributed by atoms with Gasteiger partial charge in [-0.25, -0.2) is 4.79 Å². The van der Waals surface area contributed by atoms with Crippen LogP contribution in [-0.2, 0) is 0 Å². The number of ether oxygens (including phenoxy) is 1. The van der Waals surface area contributed by atoms with Gasteiger partial charge in [-0.2, -0.15) is 4.98 Å². The molecule has 0 saturated heterocycles. The maximum absolute atomic E-state index is 10.8. The van der Waals surface area contributed by atoms with E-state index in [-0.39, 0.29) is 11.6 Å². The molecule has 2 rings (SSSR count). The van der Waals surface area contributed by atoms with Crippen molar-refractivity contribution in [2.24, 2.45) is 0 Å². The van der Waals surface area contributed by atoms with E-state index in [2.05, 4.69) is 10.1 Å². The molecule has 1 N–H and O–H groups in total. The van der Waals surface area contributed by atoms with Crippen molar-refractivity contribution in [3.8, 4) is 17.5 Å². The van der Waals surface area contributed by atoms with Gasteiger partial charge in [0.2, 0.25) is 5.82 Å². The van der Waals surface area contributed by atoms with E-state index in [4.69, 9.17) is 14.4 Å². The van der Waals surface area contributed by atoms with E-state index in [1.165, 1.54) is 19.2 Å². The maximum atomic E-state index is 10.8. The molecule has 0 amide bonds. The molecule has 1 aromatic heterocycles. The summed E-state index contributed by atoms with van der Waals surface area (Å²) in [7, 11) is 1.41. The molecule has 0 aliphatic rings. The van der Waals surface area contributed by atoms with E-state index in [1.54, 1.807) is 12.1 Å². The Morgan fingerprint density at radius 2 is 2.31 bits per heavy atom. The summed E-state index contributed by atoms with van der Waals surface area (Å²) in [6.07, 6.45) is 0.0377. The van der Waals surface area contributed by atoms with Crippen molar-refractivity contribution in [3.63, 3.8) is 0 Å². The molecular formula is C10H8N2O4. The molecule has 0 atom stereocenters. The van der Waals surface area contributed by atoms with Crippen LogP contribution in [0.5, 0.6) is 6.08 Å². The Hall–Kier alpha value is -2.37. The Labute approximate surface area is 90.5 Å². The minimum atomic E-state index is -1.00. The molecule has 0 aliphatic heterocycles. The number of aromatic nitrogens is 2. The first kappa shape index (κ1) is 10.2. The summed E-state index contributed by atoms with van der Waals surface area (Å²) in [5, 5.41) is 12.5. The number of carboxylic acids is 1. The third-order valence-corrected chi connectivity index (χ3v) is 1.95. The predicted octanol–water partition coefficient (Wildman–Crippen LogP) is 1.44. The zero-order valence-corrected chi connectivity index (χ0v) is 8.38. The molecule has 2 aromatic rings. The van der Waals surface area contributed by atoms with Crippen molar-refractivity contribution in [3.05, 3.63) is 29.8 Å². The predicted molar refractivity (Wildman–Crippen MR) is 53.2 cm³/mol. The molecule has 0 aliphatic carbocycles. The summed E-state index contributed by atoms with van der Waals surface area (Å²) < 4.78 is 9.48. The average Bonchev–Trinajstić information content (AvgIpc) is 2.77. The van der Waals surface area contributed by atoms with Gasteiger partial charge in [0.1, 0.15) is 0 Å². The Kier molecular flexibility index (Phi) is 2.55. The van der Waals surface area contributed by atoms with E-state index in [9.17, 15) is 4.79 Å². The van der Waals surface area contributed by atoms with E-state index in [0.29, 0.717) is 11.4 Å². The second-order valence-electron chi connectivity index (χ2n) is 2.97. The van der Waals surface area contributed by atoms with Crippen LogP contribution in [0, 0.1) is 0 Å². The Bertz CT molecular complexity index is 521. The SMILES string of the molecule is COc1nc(-c2cccc(C(=O)O)c2)no1. The summed E-state index contributed by atoms with van der Waals surface area (Å²) in [4.78, 5) is 14.7. The first-order chi connectivity index (χ1) is 7.70. The van der Waals surface area contributed by atoms with Gasteiger partial charge in [0, 0.05) is 5.56 Å². The standard InChI is InChI=1S/C10H8N2O4/c1-15-10-11-8(12-16-10)6-3-2-4-7(5-6)9(13)14/h2-5H,1H3,(H,13,14). The van der Waals surface area contributed by atoms with Crippen molar-refractivity contribution in [1.82, 2.24) is 10.1 Å². The fourth-order valence-corrected chi connectivity index (χ4v) is 1.20. The second-order valence-corrected chi connectivity index (χ2v) is 2.97. The van der Waals surface area contributed by atoms with Crippen molar-refractivity contribution < 1.29 is 19.2 Å². The lowest BCUT2D eigenvalue weighted by molar-refractivity contribution is 0.0697. The van der Waals surface area contributed by atoms with Crippen LogP contribution >= 0.6 is 0 Å². The summed E-state index contributed by atoms with van der Waals surface area (Å²) in [6, 6.07) is 6.26. The van der Waals surface area contributed by atoms with E-state index < -0.39 is 5.97 Å². The van der Waals surface area contributed by atoms with Crippen LogP contribution in [0.1, 0.15) is 10.4 Å². The van der Waals surface area contributed by atoms with E-state index in [0.717, 1.165) is 0 Å². The number of aromatic carboxylic acids is 1. The molecular weight excluding hydrogens is 212 g/mol. The van der Waals surface area contributed by atoms with Crippen LogP contribution in [0.15, 0.2) is 28.8 Å². The number of methoxy groups -OCH3 is 1. The molecule has 16 heavy (non-hydrogen) atoms. The molecule has 0 saturated carbocycles. The summed E-state index contributed by atoms with van der Waals surface area (Å²) in [5.41, 5.74) is 0.730. The van der Waals surface area contributed by atoms with Crippen LogP contribution < -0.4 is 4.74 Å². The van der Waals surface area contributed by atoms with Crippen LogP contribution in [0.2, 0.25) is 0 Å². The number of carbonyl (C=O) groups is 1. The molecule has 6 heteroatoms. The second kappa shape index (κ2) is 4.01. The smallest absolute Gasteiger partial charge is 0.417 e. The van der Waals surface area contributed by atoms with Gasteiger partial charge in [-0.3, -0.25) is 4.52 Å². The highest BCUT2D eigenvalue weighted by Gasteiger charge is 2.10. The number of rotatable bonds is 3. The first-order valence-corrected chi connectivity index (χ1v) is 4.42.